The summed E-state index contributed by atoms with van der Waals surface area (Å²) in [7, 11) is 1.45. The van der Waals surface area contributed by atoms with Crippen molar-refractivity contribution in [1.29, 1.82) is 0 Å². The van der Waals surface area contributed by atoms with E-state index < -0.39 is 29.0 Å². The Bertz CT molecular complexity index is 1100. The highest BCUT2D eigenvalue weighted by Gasteiger charge is 2.44. The van der Waals surface area contributed by atoms with Gasteiger partial charge in [0.1, 0.15) is 17.3 Å². The SMILES string of the molecule is CCOC(=O)Cc1ccc(OC)cc1OC1(C)C(F)=CC(c2cccc(CN)c2F)=C1O. The molecule has 0 fully saturated rings. The number of nitrogens with two attached hydrogens (primary N) is 1. The van der Waals surface area contributed by atoms with Crippen molar-refractivity contribution in [3.63, 3.8) is 0 Å². The lowest BCUT2D eigenvalue weighted by Crippen LogP contribution is -2.34. The van der Waals surface area contributed by atoms with Gasteiger partial charge in [0.05, 0.1) is 20.1 Å². The molecule has 0 spiro atoms. The first-order valence-corrected chi connectivity index (χ1v) is 10.1. The molecule has 3 rings (SSSR count). The molecule has 0 aromatic heterocycles. The summed E-state index contributed by atoms with van der Waals surface area (Å²) in [5.41, 5.74) is 4.23. The van der Waals surface area contributed by atoms with E-state index in [0.717, 1.165) is 6.08 Å². The van der Waals surface area contributed by atoms with E-state index in [4.69, 9.17) is 19.9 Å². The van der Waals surface area contributed by atoms with Crippen molar-refractivity contribution >= 4 is 11.5 Å². The third-order valence-corrected chi connectivity index (χ3v) is 5.25. The highest BCUT2D eigenvalue weighted by molar-refractivity contribution is 5.82. The third kappa shape index (κ3) is 4.31. The van der Waals surface area contributed by atoms with Crippen LogP contribution in [0.25, 0.3) is 5.57 Å². The monoisotopic (exact) mass is 445 g/mol. The average molecular weight is 445 g/mol. The summed E-state index contributed by atoms with van der Waals surface area (Å²) in [4.78, 5) is 12.0. The molecule has 0 saturated carbocycles. The second kappa shape index (κ2) is 9.40. The molecule has 1 unspecified atom stereocenters. The fraction of sp³-hybridized carbons (Fsp3) is 0.292. The number of hydrogen-bond acceptors (Lipinski definition) is 6. The number of carbonyl (C=O) groups is 1. The van der Waals surface area contributed by atoms with Gasteiger partial charge in [-0.1, -0.05) is 24.3 Å². The van der Waals surface area contributed by atoms with Gasteiger partial charge in [-0.25, -0.2) is 8.78 Å². The molecule has 32 heavy (non-hydrogen) atoms. The van der Waals surface area contributed by atoms with Crippen LogP contribution in [0.1, 0.15) is 30.5 Å². The van der Waals surface area contributed by atoms with E-state index in [0.29, 0.717) is 11.3 Å². The Morgan fingerprint density at radius 3 is 2.59 bits per heavy atom. The Labute approximate surface area is 184 Å². The molecular weight excluding hydrogens is 420 g/mol. The summed E-state index contributed by atoms with van der Waals surface area (Å²) >= 11 is 0. The number of aliphatic hydroxyl groups excluding tert-OH is 1. The Balaban J connectivity index is 2.03. The first-order chi connectivity index (χ1) is 15.2. The van der Waals surface area contributed by atoms with E-state index in [9.17, 15) is 14.3 Å². The summed E-state index contributed by atoms with van der Waals surface area (Å²) < 4.78 is 46.0. The number of ether oxygens (including phenoxy) is 3. The molecular formula is C24H25F2NO5. The molecule has 1 aliphatic rings. The van der Waals surface area contributed by atoms with Crippen molar-refractivity contribution in [2.75, 3.05) is 13.7 Å². The number of allylic oxidation sites excluding steroid dienone is 2. The maximum absolute atomic E-state index is 15.1. The summed E-state index contributed by atoms with van der Waals surface area (Å²) in [5, 5.41) is 10.9. The second-order valence-electron chi connectivity index (χ2n) is 7.33. The lowest BCUT2D eigenvalue weighted by Gasteiger charge is -2.27. The van der Waals surface area contributed by atoms with Gasteiger partial charge in [0, 0.05) is 34.9 Å². The molecule has 0 bridgehead atoms. The maximum atomic E-state index is 15.1. The molecule has 0 amide bonds. The third-order valence-electron chi connectivity index (χ3n) is 5.25. The fourth-order valence-electron chi connectivity index (χ4n) is 3.44. The number of esters is 1. The number of methoxy groups -OCH3 is 1. The molecule has 2 aromatic carbocycles. The normalized spacial score (nSPS) is 17.9. The second-order valence-corrected chi connectivity index (χ2v) is 7.33. The van der Waals surface area contributed by atoms with Crippen LogP contribution in [0.15, 0.2) is 54.1 Å². The van der Waals surface area contributed by atoms with E-state index >= 15 is 4.39 Å². The molecule has 0 radical (unpaired) electrons. The van der Waals surface area contributed by atoms with E-state index in [1.807, 2.05) is 0 Å². The van der Waals surface area contributed by atoms with Crippen LogP contribution >= 0.6 is 0 Å². The largest absolute Gasteiger partial charge is 0.507 e. The average Bonchev–Trinajstić information content (AvgIpc) is 2.99. The molecule has 0 heterocycles. The molecule has 3 N–H and O–H groups in total. The minimum absolute atomic E-state index is 0.00492. The molecule has 1 aliphatic carbocycles. The predicted octanol–water partition coefficient (Wildman–Crippen LogP) is 4.37. The van der Waals surface area contributed by atoms with Crippen molar-refractivity contribution in [1.82, 2.24) is 0 Å². The van der Waals surface area contributed by atoms with Crippen LogP contribution in [0, 0.1) is 5.82 Å². The van der Waals surface area contributed by atoms with Crippen LogP contribution in [0.4, 0.5) is 8.78 Å². The van der Waals surface area contributed by atoms with Crippen molar-refractivity contribution in [3.8, 4) is 11.5 Å². The van der Waals surface area contributed by atoms with E-state index in [1.54, 1.807) is 25.1 Å². The summed E-state index contributed by atoms with van der Waals surface area (Å²) in [6, 6.07) is 9.21. The molecule has 2 aromatic rings. The van der Waals surface area contributed by atoms with Crippen LogP contribution in [-0.4, -0.2) is 30.4 Å². The van der Waals surface area contributed by atoms with E-state index in [-0.39, 0.29) is 42.0 Å². The van der Waals surface area contributed by atoms with Gasteiger partial charge in [0.25, 0.3) is 0 Å². The molecule has 1 atom stereocenters. The number of benzene rings is 2. The maximum Gasteiger partial charge on any atom is 0.310 e. The van der Waals surface area contributed by atoms with Crippen molar-refractivity contribution in [2.45, 2.75) is 32.4 Å². The number of hydrogen-bond donors (Lipinski definition) is 2. The molecule has 0 aliphatic heterocycles. The Morgan fingerprint density at radius 2 is 1.94 bits per heavy atom. The van der Waals surface area contributed by atoms with Gasteiger partial charge in [-0.3, -0.25) is 4.79 Å². The van der Waals surface area contributed by atoms with Gasteiger partial charge in [0.15, 0.2) is 11.6 Å². The number of rotatable bonds is 8. The number of carbonyl (C=O) groups excluding carboxylic acids is 1. The predicted molar refractivity (Wildman–Crippen MR) is 115 cm³/mol. The lowest BCUT2D eigenvalue weighted by molar-refractivity contribution is -0.142. The zero-order valence-corrected chi connectivity index (χ0v) is 18.1. The highest BCUT2D eigenvalue weighted by Crippen LogP contribution is 2.44. The lowest BCUT2D eigenvalue weighted by atomic mass is 9.99. The summed E-state index contributed by atoms with van der Waals surface area (Å²) in [5.74, 6) is -1.94. The van der Waals surface area contributed by atoms with Crippen LogP contribution in [0.2, 0.25) is 0 Å². The first-order valence-electron chi connectivity index (χ1n) is 10.1. The van der Waals surface area contributed by atoms with Crippen LogP contribution in [0.3, 0.4) is 0 Å². The standard InChI is InChI=1S/C24H25F2NO5/c1-4-31-21(28)10-14-8-9-16(30-3)11-19(14)32-24(2)20(25)12-18(23(24)29)17-7-5-6-15(13-27)22(17)26/h5-9,11-12,29H,4,10,13,27H2,1-3H3. The Hall–Kier alpha value is -3.39. The van der Waals surface area contributed by atoms with Gasteiger partial charge in [-0.05, 0) is 26.0 Å². The molecule has 8 heteroatoms. The fourth-order valence-corrected chi connectivity index (χ4v) is 3.44. The zero-order valence-electron chi connectivity index (χ0n) is 18.1. The Morgan fingerprint density at radius 1 is 1.19 bits per heavy atom. The summed E-state index contributed by atoms with van der Waals surface area (Å²) in [6.45, 7) is 3.17. The molecule has 0 saturated heterocycles. The minimum Gasteiger partial charge on any atom is -0.507 e. The quantitative estimate of drug-likeness (QED) is 0.587. The van der Waals surface area contributed by atoms with Gasteiger partial charge in [-0.2, -0.15) is 0 Å². The number of aliphatic hydroxyl groups is 1. The smallest absolute Gasteiger partial charge is 0.310 e. The summed E-state index contributed by atoms with van der Waals surface area (Å²) in [6.07, 6.45) is 0.901. The van der Waals surface area contributed by atoms with Crippen molar-refractivity contribution in [3.05, 3.63) is 76.6 Å². The number of halogens is 2. The van der Waals surface area contributed by atoms with Crippen molar-refractivity contribution in [2.24, 2.45) is 5.73 Å². The van der Waals surface area contributed by atoms with Crippen molar-refractivity contribution < 1.29 is 32.9 Å². The molecule has 170 valence electrons. The van der Waals surface area contributed by atoms with Gasteiger partial charge in [0.2, 0.25) is 5.60 Å². The highest BCUT2D eigenvalue weighted by atomic mass is 19.1. The van der Waals surface area contributed by atoms with Gasteiger partial charge >= 0.3 is 5.97 Å². The Kier molecular flexibility index (Phi) is 6.84. The van der Waals surface area contributed by atoms with Crippen LogP contribution in [-0.2, 0) is 22.5 Å². The van der Waals surface area contributed by atoms with Gasteiger partial charge in [-0.15, -0.1) is 0 Å². The first kappa shape index (κ1) is 23.3. The molecule has 6 nitrogen and oxygen atoms in total. The minimum atomic E-state index is -1.93. The van der Waals surface area contributed by atoms with Crippen LogP contribution < -0.4 is 15.2 Å². The topological polar surface area (TPSA) is 91.0 Å². The van der Waals surface area contributed by atoms with E-state index in [1.165, 1.54) is 32.2 Å². The zero-order chi connectivity index (χ0) is 23.5. The van der Waals surface area contributed by atoms with Crippen LogP contribution in [0.5, 0.6) is 11.5 Å². The van der Waals surface area contributed by atoms with Gasteiger partial charge < -0.3 is 25.1 Å². The van der Waals surface area contributed by atoms with E-state index in [2.05, 4.69) is 0 Å².